The molecule has 1 N–H and O–H groups in total. The predicted octanol–water partition coefficient (Wildman–Crippen LogP) is 2.17. The number of methoxy groups -OCH3 is 1. The Morgan fingerprint density at radius 2 is 2.17 bits per heavy atom. The van der Waals surface area contributed by atoms with Crippen LogP contribution < -0.4 is 10.1 Å². The van der Waals surface area contributed by atoms with Crippen LogP contribution in [0.5, 0.6) is 5.75 Å². The summed E-state index contributed by atoms with van der Waals surface area (Å²) < 4.78 is 16.1. The summed E-state index contributed by atoms with van der Waals surface area (Å²) in [5.74, 6) is 1.56. The van der Waals surface area contributed by atoms with E-state index in [0.717, 1.165) is 18.4 Å². The first-order valence-corrected chi connectivity index (χ1v) is 9.79. The van der Waals surface area contributed by atoms with Crippen molar-refractivity contribution in [2.45, 2.75) is 37.7 Å². The van der Waals surface area contributed by atoms with Gasteiger partial charge < -0.3 is 24.2 Å². The van der Waals surface area contributed by atoms with Crippen LogP contribution in [0.4, 0.5) is 4.79 Å². The first-order valence-electron chi connectivity index (χ1n) is 9.79. The molecule has 4 rings (SSSR count). The molecule has 0 unspecified atom stereocenters. The second-order valence-corrected chi connectivity index (χ2v) is 7.37. The minimum absolute atomic E-state index is 0.0383. The average Bonchev–Trinajstić information content (AvgIpc) is 3.29. The van der Waals surface area contributed by atoms with Gasteiger partial charge in [-0.3, -0.25) is 4.79 Å². The van der Waals surface area contributed by atoms with Crippen molar-refractivity contribution in [2.75, 3.05) is 26.7 Å². The van der Waals surface area contributed by atoms with Crippen molar-refractivity contribution in [2.24, 2.45) is 0 Å². The molecule has 9 heteroatoms. The second-order valence-electron chi connectivity index (χ2n) is 7.37. The number of alkyl carbamates (subject to hydrolysis) is 1. The van der Waals surface area contributed by atoms with Crippen LogP contribution >= 0.6 is 0 Å². The van der Waals surface area contributed by atoms with Gasteiger partial charge in [-0.15, -0.1) is 0 Å². The Morgan fingerprint density at radius 1 is 1.31 bits per heavy atom. The molecule has 2 fully saturated rings. The van der Waals surface area contributed by atoms with E-state index >= 15 is 0 Å². The molecule has 1 spiro atoms. The van der Waals surface area contributed by atoms with Gasteiger partial charge in [-0.05, 0) is 25.0 Å². The lowest BCUT2D eigenvalue weighted by molar-refractivity contribution is -0.131. The van der Waals surface area contributed by atoms with Crippen molar-refractivity contribution >= 4 is 12.0 Å². The number of ether oxygens (including phenoxy) is 2. The van der Waals surface area contributed by atoms with Gasteiger partial charge in [0, 0.05) is 32.4 Å². The normalized spacial score (nSPS) is 21.6. The largest absolute Gasteiger partial charge is 0.496 e. The smallest absolute Gasteiger partial charge is 0.407 e. The van der Waals surface area contributed by atoms with E-state index in [9.17, 15) is 9.59 Å². The molecule has 3 heterocycles. The number of carbonyl (C=O) groups excluding carboxylic acids is 2. The van der Waals surface area contributed by atoms with Crippen molar-refractivity contribution in [3.63, 3.8) is 0 Å². The van der Waals surface area contributed by atoms with Crippen LogP contribution in [-0.4, -0.2) is 59.4 Å². The van der Waals surface area contributed by atoms with Gasteiger partial charge in [0.25, 0.3) is 0 Å². The molecule has 2 aliphatic heterocycles. The molecule has 0 bridgehead atoms. The zero-order valence-corrected chi connectivity index (χ0v) is 16.3. The molecule has 1 aromatic carbocycles. The third-order valence-corrected chi connectivity index (χ3v) is 5.48. The lowest BCUT2D eigenvalue weighted by Gasteiger charge is -2.24. The fraction of sp³-hybridized carbons (Fsp3) is 0.500. The minimum atomic E-state index is -0.470. The number of amides is 2. The Morgan fingerprint density at radius 3 is 2.97 bits per heavy atom. The standard InChI is InChI=1S/C20H24N4O5/c1-27-15-6-3-2-5-14(15)18-22-16(29-23-18)7-8-17(25)24-11-4-9-20(10-12-24)13-21-19(26)28-20/h2-3,5-6H,4,7-13H2,1H3,(H,21,26)/t20-/m0/s1. The summed E-state index contributed by atoms with van der Waals surface area (Å²) in [6.07, 6.45) is 2.51. The fourth-order valence-electron chi connectivity index (χ4n) is 3.87. The molecule has 0 aliphatic carbocycles. The molecule has 1 atom stereocenters. The predicted molar refractivity (Wildman–Crippen MR) is 102 cm³/mol. The quantitative estimate of drug-likeness (QED) is 0.820. The molecular formula is C20H24N4O5. The van der Waals surface area contributed by atoms with Crippen molar-refractivity contribution in [3.05, 3.63) is 30.2 Å². The highest BCUT2D eigenvalue weighted by atomic mass is 16.6. The van der Waals surface area contributed by atoms with Gasteiger partial charge in [-0.2, -0.15) is 4.98 Å². The summed E-state index contributed by atoms with van der Waals surface area (Å²) in [7, 11) is 1.59. The molecule has 2 aliphatic rings. The van der Waals surface area contributed by atoms with Gasteiger partial charge in [0.2, 0.25) is 17.6 Å². The lowest BCUT2D eigenvalue weighted by Crippen LogP contribution is -2.36. The summed E-state index contributed by atoms with van der Waals surface area (Å²) in [6, 6.07) is 7.44. The summed E-state index contributed by atoms with van der Waals surface area (Å²) >= 11 is 0. The number of hydrogen-bond donors (Lipinski definition) is 1. The van der Waals surface area contributed by atoms with Crippen LogP contribution in [-0.2, 0) is 16.0 Å². The zero-order chi connectivity index (χ0) is 20.3. The van der Waals surface area contributed by atoms with E-state index in [0.29, 0.717) is 56.4 Å². The summed E-state index contributed by atoms with van der Waals surface area (Å²) in [5, 5.41) is 6.73. The van der Waals surface area contributed by atoms with Crippen LogP contribution in [0.25, 0.3) is 11.4 Å². The van der Waals surface area contributed by atoms with Crippen molar-refractivity contribution in [3.8, 4) is 17.1 Å². The highest BCUT2D eigenvalue weighted by Gasteiger charge is 2.41. The Labute approximate surface area is 168 Å². The van der Waals surface area contributed by atoms with Gasteiger partial charge in [0.05, 0.1) is 19.2 Å². The number of aryl methyl sites for hydroxylation is 1. The number of aromatic nitrogens is 2. The van der Waals surface area contributed by atoms with E-state index in [1.54, 1.807) is 7.11 Å². The molecule has 0 radical (unpaired) electrons. The topological polar surface area (TPSA) is 107 Å². The second kappa shape index (κ2) is 8.10. The molecule has 2 aromatic rings. The number of likely N-dealkylation sites (tertiary alicyclic amines) is 1. The molecule has 154 valence electrons. The molecule has 0 saturated carbocycles. The van der Waals surface area contributed by atoms with E-state index in [4.69, 9.17) is 14.0 Å². The van der Waals surface area contributed by atoms with Gasteiger partial charge >= 0.3 is 6.09 Å². The van der Waals surface area contributed by atoms with Gasteiger partial charge in [-0.1, -0.05) is 17.3 Å². The van der Waals surface area contributed by atoms with Crippen LogP contribution in [0.15, 0.2) is 28.8 Å². The molecule has 2 saturated heterocycles. The first kappa shape index (κ1) is 19.2. The number of nitrogens with one attached hydrogen (secondary N) is 1. The van der Waals surface area contributed by atoms with Gasteiger partial charge in [0.1, 0.15) is 11.4 Å². The fourth-order valence-corrected chi connectivity index (χ4v) is 3.87. The number of hydrogen-bond acceptors (Lipinski definition) is 7. The Hall–Kier alpha value is -3.10. The number of carbonyl (C=O) groups is 2. The van der Waals surface area contributed by atoms with Crippen LogP contribution in [0, 0.1) is 0 Å². The van der Waals surface area contributed by atoms with Crippen LogP contribution in [0.2, 0.25) is 0 Å². The number of rotatable bonds is 5. The summed E-state index contributed by atoms with van der Waals surface area (Å²) in [4.78, 5) is 30.3. The first-order chi connectivity index (χ1) is 14.1. The van der Waals surface area contributed by atoms with E-state index < -0.39 is 5.60 Å². The maximum Gasteiger partial charge on any atom is 0.407 e. The Bertz CT molecular complexity index is 899. The third-order valence-electron chi connectivity index (χ3n) is 5.48. The number of benzene rings is 1. The minimum Gasteiger partial charge on any atom is -0.496 e. The summed E-state index contributed by atoms with van der Waals surface area (Å²) in [5.41, 5.74) is 0.274. The molecular weight excluding hydrogens is 376 g/mol. The molecule has 29 heavy (non-hydrogen) atoms. The monoisotopic (exact) mass is 400 g/mol. The van der Waals surface area contributed by atoms with Gasteiger partial charge in [-0.25, -0.2) is 4.79 Å². The van der Waals surface area contributed by atoms with Crippen LogP contribution in [0.1, 0.15) is 31.6 Å². The maximum absolute atomic E-state index is 12.7. The summed E-state index contributed by atoms with van der Waals surface area (Å²) in [6.45, 7) is 1.75. The van der Waals surface area contributed by atoms with E-state index in [2.05, 4.69) is 15.5 Å². The highest BCUT2D eigenvalue weighted by molar-refractivity contribution is 5.76. The van der Waals surface area contributed by atoms with E-state index in [1.165, 1.54) is 0 Å². The lowest BCUT2D eigenvalue weighted by atomic mass is 9.95. The molecule has 2 amide bonds. The molecule has 1 aromatic heterocycles. The van der Waals surface area contributed by atoms with Gasteiger partial charge in [0.15, 0.2) is 0 Å². The number of nitrogens with zero attached hydrogens (tertiary/aromatic N) is 3. The Kier molecular flexibility index (Phi) is 5.37. The van der Waals surface area contributed by atoms with Crippen LogP contribution in [0.3, 0.4) is 0 Å². The zero-order valence-electron chi connectivity index (χ0n) is 16.3. The van der Waals surface area contributed by atoms with Crippen molar-refractivity contribution in [1.29, 1.82) is 0 Å². The van der Waals surface area contributed by atoms with Crippen molar-refractivity contribution in [1.82, 2.24) is 20.4 Å². The average molecular weight is 400 g/mol. The highest BCUT2D eigenvalue weighted by Crippen LogP contribution is 2.30. The molecule has 9 nitrogen and oxygen atoms in total. The van der Waals surface area contributed by atoms with E-state index in [-0.39, 0.29) is 12.0 Å². The third kappa shape index (κ3) is 4.18. The van der Waals surface area contributed by atoms with E-state index in [1.807, 2.05) is 29.2 Å². The SMILES string of the molecule is COc1ccccc1-c1noc(CCC(=O)N2CCC[C@]3(CC2)CNC(=O)O3)n1. The number of para-hydroxylation sites is 1. The maximum atomic E-state index is 12.7. The Balaban J connectivity index is 1.33. The van der Waals surface area contributed by atoms with Crippen molar-refractivity contribution < 1.29 is 23.6 Å².